The molecule has 0 saturated heterocycles. The highest BCUT2D eigenvalue weighted by Crippen LogP contribution is 2.27. The van der Waals surface area contributed by atoms with Crippen molar-refractivity contribution in [1.82, 2.24) is 4.90 Å². The number of nitrogens with two attached hydrogens (primary N) is 1. The monoisotopic (exact) mass is 264 g/mol. The highest BCUT2D eigenvalue weighted by molar-refractivity contribution is 5.76. The summed E-state index contributed by atoms with van der Waals surface area (Å²) in [6.07, 6.45) is 2.15. The number of carbonyl (C=O) groups excluding carboxylic acids is 1. The number of benzene rings is 1. The fraction of sp³-hybridized carbons (Fsp3) is 0.533. The first-order valence-electron chi connectivity index (χ1n) is 6.72. The van der Waals surface area contributed by atoms with Gasteiger partial charge in [0, 0.05) is 25.1 Å². The van der Waals surface area contributed by atoms with Crippen molar-refractivity contribution in [2.24, 2.45) is 5.73 Å². The van der Waals surface area contributed by atoms with Gasteiger partial charge in [-0.25, -0.2) is 0 Å². The van der Waals surface area contributed by atoms with Crippen molar-refractivity contribution in [3.63, 3.8) is 0 Å². The van der Waals surface area contributed by atoms with Gasteiger partial charge in [0.05, 0.1) is 6.04 Å². The predicted octanol–water partition coefficient (Wildman–Crippen LogP) is 2.43. The molecule has 0 aliphatic rings. The van der Waals surface area contributed by atoms with E-state index in [0.29, 0.717) is 6.42 Å². The quantitative estimate of drug-likeness (QED) is 0.829. The van der Waals surface area contributed by atoms with Crippen LogP contribution in [-0.2, 0) is 4.79 Å². The topological polar surface area (TPSA) is 66.6 Å². The van der Waals surface area contributed by atoms with E-state index in [1.54, 1.807) is 24.1 Å². The van der Waals surface area contributed by atoms with Crippen LogP contribution in [0.1, 0.15) is 44.7 Å². The van der Waals surface area contributed by atoms with Gasteiger partial charge in [-0.05, 0) is 32.8 Å². The summed E-state index contributed by atoms with van der Waals surface area (Å²) in [7, 11) is 1.77. The van der Waals surface area contributed by atoms with Crippen molar-refractivity contribution in [1.29, 1.82) is 0 Å². The van der Waals surface area contributed by atoms with Crippen molar-refractivity contribution in [2.45, 2.75) is 45.2 Å². The minimum absolute atomic E-state index is 0.0800. The summed E-state index contributed by atoms with van der Waals surface area (Å²) in [6, 6.07) is 7.11. The maximum absolute atomic E-state index is 12.1. The van der Waals surface area contributed by atoms with Gasteiger partial charge in [0.1, 0.15) is 5.75 Å². The van der Waals surface area contributed by atoms with Crippen LogP contribution in [0.5, 0.6) is 5.75 Å². The normalized spacial score (nSPS) is 13.9. The molecule has 0 saturated carbocycles. The molecule has 0 fully saturated rings. The first kappa shape index (κ1) is 15.5. The molecule has 2 atom stereocenters. The van der Waals surface area contributed by atoms with Gasteiger partial charge < -0.3 is 15.7 Å². The molecule has 1 aromatic rings. The molecule has 2 unspecified atom stereocenters. The number of nitrogens with zero attached hydrogens (tertiary/aromatic N) is 1. The Labute approximate surface area is 115 Å². The molecular weight excluding hydrogens is 240 g/mol. The van der Waals surface area contributed by atoms with E-state index in [4.69, 9.17) is 5.73 Å². The zero-order valence-electron chi connectivity index (χ0n) is 12.0. The van der Waals surface area contributed by atoms with Crippen LogP contribution in [0.4, 0.5) is 0 Å². The molecule has 1 rings (SSSR count). The van der Waals surface area contributed by atoms with Crippen molar-refractivity contribution >= 4 is 5.91 Å². The fourth-order valence-corrected chi connectivity index (χ4v) is 2.02. The SMILES string of the molecule is CC(N)CCCC(=O)N(C)C(C)c1ccccc1O. The summed E-state index contributed by atoms with van der Waals surface area (Å²) in [5.74, 6) is 0.307. The zero-order chi connectivity index (χ0) is 14.4. The lowest BCUT2D eigenvalue weighted by Gasteiger charge is -2.26. The average molecular weight is 264 g/mol. The van der Waals surface area contributed by atoms with Gasteiger partial charge in [-0.1, -0.05) is 18.2 Å². The van der Waals surface area contributed by atoms with E-state index >= 15 is 0 Å². The number of carbonyl (C=O) groups is 1. The van der Waals surface area contributed by atoms with Gasteiger partial charge in [-0.15, -0.1) is 0 Å². The van der Waals surface area contributed by atoms with E-state index < -0.39 is 0 Å². The first-order chi connectivity index (χ1) is 8.93. The summed E-state index contributed by atoms with van der Waals surface area (Å²) in [5, 5.41) is 9.81. The highest BCUT2D eigenvalue weighted by atomic mass is 16.3. The third kappa shape index (κ3) is 4.56. The minimum Gasteiger partial charge on any atom is -0.508 e. The van der Waals surface area contributed by atoms with Gasteiger partial charge in [0.2, 0.25) is 5.91 Å². The standard InChI is InChI=1S/C15H24N2O2/c1-11(16)7-6-10-15(19)17(3)12(2)13-8-4-5-9-14(13)18/h4-5,8-9,11-12,18H,6-7,10,16H2,1-3H3. The Kier molecular flexibility index (Phi) is 5.83. The van der Waals surface area contributed by atoms with Crippen molar-refractivity contribution in [2.75, 3.05) is 7.05 Å². The number of aromatic hydroxyl groups is 1. The largest absolute Gasteiger partial charge is 0.508 e. The number of amides is 1. The fourth-order valence-electron chi connectivity index (χ4n) is 2.02. The predicted molar refractivity (Wildman–Crippen MR) is 76.8 cm³/mol. The molecule has 4 nitrogen and oxygen atoms in total. The van der Waals surface area contributed by atoms with Gasteiger partial charge >= 0.3 is 0 Å². The lowest BCUT2D eigenvalue weighted by molar-refractivity contribution is -0.131. The van der Waals surface area contributed by atoms with Crippen molar-refractivity contribution in [3.8, 4) is 5.75 Å². The third-order valence-electron chi connectivity index (χ3n) is 3.41. The Balaban J connectivity index is 2.59. The van der Waals surface area contributed by atoms with Crippen LogP contribution in [0, 0.1) is 0 Å². The van der Waals surface area contributed by atoms with Gasteiger partial charge in [0.25, 0.3) is 0 Å². The maximum atomic E-state index is 12.1. The number of hydrogen-bond donors (Lipinski definition) is 2. The van der Waals surface area contributed by atoms with E-state index in [0.717, 1.165) is 18.4 Å². The van der Waals surface area contributed by atoms with E-state index in [1.165, 1.54) is 0 Å². The Morgan fingerprint density at radius 1 is 1.37 bits per heavy atom. The van der Waals surface area contributed by atoms with Gasteiger partial charge in [-0.2, -0.15) is 0 Å². The Bertz CT molecular complexity index is 418. The molecular formula is C15H24N2O2. The molecule has 1 aromatic carbocycles. The Morgan fingerprint density at radius 3 is 2.58 bits per heavy atom. The molecule has 0 radical (unpaired) electrons. The lowest BCUT2D eigenvalue weighted by atomic mass is 10.1. The number of rotatable bonds is 6. The molecule has 19 heavy (non-hydrogen) atoms. The average Bonchev–Trinajstić information content (AvgIpc) is 2.37. The van der Waals surface area contributed by atoms with E-state index in [1.807, 2.05) is 26.0 Å². The summed E-state index contributed by atoms with van der Waals surface area (Å²) in [4.78, 5) is 13.7. The van der Waals surface area contributed by atoms with Gasteiger partial charge in [0.15, 0.2) is 0 Å². The van der Waals surface area contributed by atoms with E-state index in [2.05, 4.69) is 0 Å². The van der Waals surface area contributed by atoms with Crippen LogP contribution >= 0.6 is 0 Å². The van der Waals surface area contributed by atoms with Gasteiger partial charge in [-0.3, -0.25) is 4.79 Å². The third-order valence-corrected chi connectivity index (χ3v) is 3.41. The molecule has 0 aliphatic heterocycles. The second-order valence-corrected chi connectivity index (χ2v) is 5.11. The molecule has 0 aromatic heterocycles. The molecule has 0 heterocycles. The van der Waals surface area contributed by atoms with Crippen LogP contribution in [-0.4, -0.2) is 29.0 Å². The maximum Gasteiger partial charge on any atom is 0.222 e. The first-order valence-corrected chi connectivity index (χ1v) is 6.72. The van der Waals surface area contributed by atoms with Crippen LogP contribution in [0.25, 0.3) is 0 Å². The summed E-state index contributed by atoms with van der Waals surface area (Å²) >= 11 is 0. The van der Waals surface area contributed by atoms with Crippen LogP contribution in [0.2, 0.25) is 0 Å². The summed E-state index contributed by atoms with van der Waals surface area (Å²) < 4.78 is 0. The van der Waals surface area contributed by atoms with Crippen molar-refractivity contribution < 1.29 is 9.90 Å². The van der Waals surface area contributed by atoms with E-state index in [9.17, 15) is 9.90 Å². The van der Waals surface area contributed by atoms with E-state index in [-0.39, 0.29) is 23.7 Å². The highest BCUT2D eigenvalue weighted by Gasteiger charge is 2.19. The number of para-hydroxylation sites is 1. The van der Waals surface area contributed by atoms with Crippen LogP contribution in [0.3, 0.4) is 0 Å². The lowest BCUT2D eigenvalue weighted by Crippen LogP contribution is -2.29. The molecule has 1 amide bonds. The Hall–Kier alpha value is -1.55. The van der Waals surface area contributed by atoms with Crippen molar-refractivity contribution in [3.05, 3.63) is 29.8 Å². The molecule has 0 spiro atoms. The zero-order valence-corrected chi connectivity index (χ0v) is 12.0. The number of phenols is 1. The molecule has 3 N–H and O–H groups in total. The molecule has 0 aliphatic carbocycles. The molecule has 4 heteroatoms. The van der Waals surface area contributed by atoms with Crippen LogP contribution < -0.4 is 5.73 Å². The smallest absolute Gasteiger partial charge is 0.222 e. The minimum atomic E-state index is -0.135. The number of phenolic OH excluding ortho intramolecular Hbond substituents is 1. The number of hydrogen-bond acceptors (Lipinski definition) is 3. The Morgan fingerprint density at radius 2 is 2.00 bits per heavy atom. The second kappa shape index (κ2) is 7.14. The van der Waals surface area contributed by atoms with Crippen LogP contribution in [0.15, 0.2) is 24.3 Å². The molecule has 106 valence electrons. The summed E-state index contributed by atoms with van der Waals surface area (Å²) in [6.45, 7) is 3.86. The second-order valence-electron chi connectivity index (χ2n) is 5.11. The summed E-state index contributed by atoms with van der Waals surface area (Å²) in [5.41, 5.74) is 6.44. The molecule has 0 bridgehead atoms.